The molecular weight excluding hydrogens is 383 g/mol. The normalized spacial score (nSPS) is 11.3. The van der Waals surface area contributed by atoms with E-state index >= 15 is 0 Å². The molecule has 0 atom stereocenters. The van der Waals surface area contributed by atoms with Gasteiger partial charge in [0, 0.05) is 52.2 Å². The summed E-state index contributed by atoms with van der Waals surface area (Å²) in [6.07, 6.45) is 4.87. The van der Waals surface area contributed by atoms with E-state index in [9.17, 15) is 9.18 Å². The van der Waals surface area contributed by atoms with E-state index < -0.39 is 0 Å². The average Bonchev–Trinajstić information content (AvgIpc) is 3.28. The Labute approximate surface area is 175 Å². The molecule has 3 aromatic rings. The smallest absolute Gasteiger partial charge is 0.253 e. The van der Waals surface area contributed by atoms with Crippen molar-refractivity contribution in [2.75, 3.05) is 21.1 Å². The van der Waals surface area contributed by atoms with Crippen molar-refractivity contribution in [3.05, 3.63) is 83.7 Å². The van der Waals surface area contributed by atoms with E-state index in [-0.39, 0.29) is 11.7 Å². The van der Waals surface area contributed by atoms with Gasteiger partial charge in [0.05, 0.1) is 12.0 Å². The number of nitrogens with one attached hydrogen (secondary N) is 2. The molecule has 0 aliphatic carbocycles. The second-order valence-electron chi connectivity index (χ2n) is 6.93. The highest BCUT2D eigenvalue weighted by atomic mass is 19.1. The third kappa shape index (κ3) is 5.22. The SMILES string of the molecule is CN=C(NCc1ccc(C(=O)N(C)C)cc1)NCc1ccc(-n2ccnc2)c(F)c1. The van der Waals surface area contributed by atoms with Gasteiger partial charge >= 0.3 is 0 Å². The lowest BCUT2D eigenvalue weighted by atomic mass is 10.1. The maximum absolute atomic E-state index is 14.4. The number of halogens is 1. The van der Waals surface area contributed by atoms with E-state index in [1.807, 2.05) is 18.2 Å². The van der Waals surface area contributed by atoms with Crippen molar-refractivity contribution < 1.29 is 9.18 Å². The number of imidazole rings is 1. The minimum atomic E-state index is -0.317. The standard InChI is InChI=1S/C22H25FN6O/c1-24-22(26-13-16-4-7-18(8-5-16)21(30)28(2)3)27-14-17-6-9-20(19(23)12-17)29-11-10-25-15-29/h4-12,15H,13-14H2,1-3H3,(H2,24,26,27). The molecular formula is C22H25FN6O. The highest BCUT2D eigenvalue weighted by Crippen LogP contribution is 2.15. The number of carbonyl (C=O) groups excluding carboxylic acids is 1. The van der Waals surface area contributed by atoms with Crippen LogP contribution in [0.25, 0.3) is 5.69 Å². The molecule has 1 heterocycles. The van der Waals surface area contributed by atoms with Crippen LogP contribution in [-0.4, -0.2) is 47.5 Å². The van der Waals surface area contributed by atoms with Gasteiger partial charge in [-0.1, -0.05) is 18.2 Å². The highest BCUT2D eigenvalue weighted by molar-refractivity contribution is 5.93. The average molecular weight is 408 g/mol. The van der Waals surface area contributed by atoms with Gasteiger partial charge in [-0.25, -0.2) is 9.37 Å². The molecule has 0 aliphatic rings. The number of nitrogens with zero attached hydrogens (tertiary/aromatic N) is 4. The zero-order valence-corrected chi connectivity index (χ0v) is 17.3. The van der Waals surface area contributed by atoms with E-state index in [1.54, 1.807) is 67.5 Å². The number of guanidine groups is 1. The van der Waals surface area contributed by atoms with Crippen molar-refractivity contribution in [2.24, 2.45) is 4.99 Å². The van der Waals surface area contributed by atoms with Gasteiger partial charge in [-0.05, 0) is 35.4 Å². The zero-order chi connectivity index (χ0) is 21.5. The summed E-state index contributed by atoms with van der Waals surface area (Å²) in [6, 6.07) is 12.5. The third-order valence-corrected chi connectivity index (χ3v) is 4.55. The largest absolute Gasteiger partial charge is 0.352 e. The van der Waals surface area contributed by atoms with E-state index in [1.165, 1.54) is 6.07 Å². The fourth-order valence-corrected chi connectivity index (χ4v) is 2.89. The van der Waals surface area contributed by atoms with E-state index in [0.29, 0.717) is 30.3 Å². The Balaban J connectivity index is 1.54. The van der Waals surface area contributed by atoms with Crippen molar-refractivity contribution in [1.29, 1.82) is 0 Å². The van der Waals surface area contributed by atoms with E-state index in [2.05, 4.69) is 20.6 Å². The number of hydrogen-bond acceptors (Lipinski definition) is 3. The summed E-state index contributed by atoms with van der Waals surface area (Å²) >= 11 is 0. The first-order valence-corrected chi connectivity index (χ1v) is 9.50. The molecule has 1 aromatic heterocycles. The molecule has 156 valence electrons. The number of rotatable bonds is 6. The third-order valence-electron chi connectivity index (χ3n) is 4.55. The molecule has 0 saturated carbocycles. The highest BCUT2D eigenvalue weighted by Gasteiger charge is 2.08. The topological polar surface area (TPSA) is 74.6 Å². The Morgan fingerprint density at radius 1 is 1.10 bits per heavy atom. The second kappa shape index (κ2) is 9.69. The minimum Gasteiger partial charge on any atom is -0.352 e. The van der Waals surface area contributed by atoms with Crippen LogP contribution in [0.3, 0.4) is 0 Å². The molecule has 2 aromatic carbocycles. The molecule has 0 aliphatic heterocycles. The summed E-state index contributed by atoms with van der Waals surface area (Å²) in [7, 11) is 5.13. The van der Waals surface area contributed by atoms with Crippen LogP contribution in [0.2, 0.25) is 0 Å². The van der Waals surface area contributed by atoms with Crippen LogP contribution in [-0.2, 0) is 13.1 Å². The van der Waals surface area contributed by atoms with Crippen LogP contribution >= 0.6 is 0 Å². The zero-order valence-electron chi connectivity index (χ0n) is 17.3. The lowest BCUT2D eigenvalue weighted by Gasteiger charge is -2.14. The number of aliphatic imine (C=N–C) groups is 1. The summed E-state index contributed by atoms with van der Waals surface area (Å²) in [5, 5.41) is 6.39. The van der Waals surface area contributed by atoms with Gasteiger partial charge in [0.25, 0.3) is 5.91 Å². The fraction of sp³-hybridized carbons (Fsp3) is 0.227. The molecule has 0 spiro atoms. The van der Waals surface area contributed by atoms with Crippen molar-refractivity contribution in [2.45, 2.75) is 13.1 Å². The molecule has 1 amide bonds. The summed E-state index contributed by atoms with van der Waals surface area (Å²) < 4.78 is 16.0. The van der Waals surface area contributed by atoms with Crippen molar-refractivity contribution >= 4 is 11.9 Å². The van der Waals surface area contributed by atoms with Gasteiger partial charge in [0.2, 0.25) is 0 Å². The van der Waals surface area contributed by atoms with Crippen LogP contribution in [0.4, 0.5) is 4.39 Å². The molecule has 0 bridgehead atoms. The Hall–Kier alpha value is -3.68. The van der Waals surface area contributed by atoms with Crippen molar-refractivity contribution in [3.8, 4) is 5.69 Å². The maximum Gasteiger partial charge on any atom is 0.253 e. The molecule has 0 saturated heterocycles. The predicted molar refractivity (Wildman–Crippen MR) is 115 cm³/mol. The number of aromatic nitrogens is 2. The van der Waals surface area contributed by atoms with Gasteiger partial charge in [0.15, 0.2) is 5.96 Å². The van der Waals surface area contributed by atoms with Crippen LogP contribution in [0.15, 0.2) is 66.2 Å². The number of carbonyl (C=O) groups is 1. The minimum absolute atomic E-state index is 0.0294. The predicted octanol–water partition coefficient (Wildman–Crippen LogP) is 2.58. The van der Waals surface area contributed by atoms with Crippen LogP contribution < -0.4 is 10.6 Å². The van der Waals surface area contributed by atoms with Crippen LogP contribution in [0.5, 0.6) is 0 Å². The van der Waals surface area contributed by atoms with Gasteiger partial charge in [-0.3, -0.25) is 9.79 Å². The summed E-state index contributed by atoms with van der Waals surface area (Å²) in [5.41, 5.74) is 2.91. The van der Waals surface area contributed by atoms with Gasteiger partial charge in [0.1, 0.15) is 5.82 Å². The summed E-state index contributed by atoms with van der Waals surface area (Å²) in [4.78, 5) is 21.6. The van der Waals surface area contributed by atoms with Gasteiger partial charge in [-0.2, -0.15) is 0 Å². The Kier molecular flexibility index (Phi) is 6.79. The van der Waals surface area contributed by atoms with Crippen LogP contribution in [0.1, 0.15) is 21.5 Å². The maximum atomic E-state index is 14.4. The quantitative estimate of drug-likeness (QED) is 0.486. The Morgan fingerprint density at radius 2 is 1.77 bits per heavy atom. The molecule has 0 radical (unpaired) electrons. The van der Waals surface area contributed by atoms with Gasteiger partial charge < -0.3 is 20.1 Å². The molecule has 30 heavy (non-hydrogen) atoms. The van der Waals surface area contributed by atoms with Crippen molar-refractivity contribution in [3.63, 3.8) is 0 Å². The van der Waals surface area contributed by atoms with E-state index in [4.69, 9.17) is 0 Å². The molecule has 0 unspecified atom stereocenters. The van der Waals surface area contributed by atoms with Gasteiger partial charge in [-0.15, -0.1) is 0 Å². The Bertz CT molecular complexity index is 1010. The first-order chi connectivity index (χ1) is 14.5. The summed E-state index contributed by atoms with van der Waals surface area (Å²) in [5.74, 6) is 0.253. The molecule has 0 fully saturated rings. The van der Waals surface area contributed by atoms with Crippen LogP contribution in [0, 0.1) is 5.82 Å². The monoisotopic (exact) mass is 408 g/mol. The first-order valence-electron chi connectivity index (χ1n) is 9.50. The molecule has 2 N–H and O–H groups in total. The summed E-state index contributed by atoms with van der Waals surface area (Å²) in [6.45, 7) is 0.973. The number of hydrogen-bond donors (Lipinski definition) is 2. The second-order valence-corrected chi connectivity index (χ2v) is 6.93. The molecule has 8 heteroatoms. The molecule has 3 rings (SSSR count). The number of benzene rings is 2. The molecule has 7 nitrogen and oxygen atoms in total. The van der Waals surface area contributed by atoms with E-state index in [0.717, 1.165) is 11.1 Å². The van der Waals surface area contributed by atoms with Crippen molar-refractivity contribution in [1.82, 2.24) is 25.1 Å². The first kappa shape index (κ1) is 21.0. The number of amides is 1. The fourth-order valence-electron chi connectivity index (χ4n) is 2.89. The Morgan fingerprint density at radius 3 is 2.33 bits per heavy atom. The lowest BCUT2D eigenvalue weighted by Crippen LogP contribution is -2.36. The lowest BCUT2D eigenvalue weighted by molar-refractivity contribution is 0.0827.